The first-order valence-electron chi connectivity index (χ1n) is 8.10. The van der Waals surface area contributed by atoms with E-state index in [0.29, 0.717) is 19.3 Å². The van der Waals surface area contributed by atoms with Gasteiger partial charge in [-0.3, -0.25) is 4.79 Å². The number of carbonyl (C=O) groups is 1. The third-order valence-electron chi connectivity index (χ3n) is 4.27. The second-order valence-electron chi connectivity index (χ2n) is 6.00. The lowest BCUT2D eigenvalue weighted by Crippen LogP contribution is -2.23. The van der Waals surface area contributed by atoms with Crippen LogP contribution in [0.25, 0.3) is 0 Å². The number of amides is 1. The van der Waals surface area contributed by atoms with Crippen LogP contribution in [0.4, 0.5) is 11.5 Å². The molecular weight excluding hydrogens is 290 g/mol. The van der Waals surface area contributed by atoms with Gasteiger partial charge in [0.25, 0.3) is 0 Å². The second kappa shape index (κ2) is 6.78. The summed E-state index contributed by atoms with van der Waals surface area (Å²) in [5.41, 5.74) is 0.373. The van der Waals surface area contributed by atoms with Crippen LogP contribution in [0.3, 0.4) is 0 Å². The lowest BCUT2D eigenvalue weighted by atomic mass is 10.0. The van der Waals surface area contributed by atoms with E-state index in [1.807, 2.05) is 12.1 Å². The van der Waals surface area contributed by atoms with Crippen molar-refractivity contribution in [3.63, 3.8) is 0 Å². The van der Waals surface area contributed by atoms with Crippen molar-refractivity contribution in [2.45, 2.75) is 44.2 Å². The lowest BCUT2D eigenvalue weighted by molar-refractivity contribution is -0.116. The number of carbonyl (C=O) groups excluding carboxylic acids is 1. The zero-order valence-electron chi connectivity index (χ0n) is 13.2. The fraction of sp³-hybridized carbons (Fsp3) is 0.529. The first-order valence-corrected chi connectivity index (χ1v) is 8.10. The standard InChI is InChI=1S/C17H21N5O/c1-2-3-9-17(20-21-17)10-8-15(23)19-14-7-6-11-18-16(14)22-12-4-5-13-22/h1,6-7,11H,3-5,8-10,12-13H2,(H,19,23). The minimum atomic E-state index is -0.406. The highest BCUT2D eigenvalue weighted by molar-refractivity contribution is 5.93. The van der Waals surface area contributed by atoms with Crippen LogP contribution >= 0.6 is 0 Å². The molecule has 0 aliphatic carbocycles. The Morgan fingerprint density at radius 1 is 1.35 bits per heavy atom. The van der Waals surface area contributed by atoms with Crippen LogP contribution in [0.15, 0.2) is 28.6 Å². The maximum Gasteiger partial charge on any atom is 0.224 e. The van der Waals surface area contributed by atoms with Crippen molar-refractivity contribution >= 4 is 17.4 Å². The molecule has 1 fully saturated rings. The molecule has 2 aliphatic rings. The van der Waals surface area contributed by atoms with Crippen LogP contribution in [0.1, 0.15) is 38.5 Å². The fourth-order valence-electron chi connectivity index (χ4n) is 2.87. The Hall–Kier alpha value is -2.42. The molecule has 1 N–H and O–H groups in total. The minimum absolute atomic E-state index is 0.0316. The first-order chi connectivity index (χ1) is 11.2. The van der Waals surface area contributed by atoms with Crippen molar-refractivity contribution in [1.82, 2.24) is 4.98 Å². The summed E-state index contributed by atoms with van der Waals surface area (Å²) >= 11 is 0. The van der Waals surface area contributed by atoms with E-state index in [9.17, 15) is 4.79 Å². The highest BCUT2D eigenvalue weighted by Gasteiger charge is 2.39. The molecule has 1 aromatic heterocycles. The number of nitrogens with zero attached hydrogens (tertiary/aromatic N) is 4. The van der Waals surface area contributed by atoms with E-state index in [4.69, 9.17) is 6.42 Å². The van der Waals surface area contributed by atoms with Crippen molar-refractivity contribution in [1.29, 1.82) is 0 Å². The van der Waals surface area contributed by atoms with E-state index in [1.165, 1.54) is 12.8 Å². The predicted octanol–water partition coefficient (Wildman–Crippen LogP) is 2.98. The number of aromatic nitrogens is 1. The summed E-state index contributed by atoms with van der Waals surface area (Å²) in [4.78, 5) is 18.9. The van der Waals surface area contributed by atoms with E-state index < -0.39 is 5.66 Å². The van der Waals surface area contributed by atoms with Gasteiger partial charge in [0.1, 0.15) is 0 Å². The molecule has 0 unspecified atom stereocenters. The molecule has 0 aromatic carbocycles. The molecule has 3 rings (SSSR count). The number of terminal acetylenes is 1. The molecule has 2 aliphatic heterocycles. The second-order valence-corrected chi connectivity index (χ2v) is 6.00. The molecule has 0 spiro atoms. The number of pyridine rings is 1. The van der Waals surface area contributed by atoms with Gasteiger partial charge in [-0.15, -0.1) is 12.3 Å². The van der Waals surface area contributed by atoms with Crippen LogP contribution in [-0.2, 0) is 4.79 Å². The Morgan fingerprint density at radius 2 is 2.13 bits per heavy atom. The summed E-state index contributed by atoms with van der Waals surface area (Å²) in [5.74, 6) is 3.43. The SMILES string of the molecule is C#CCCC1(CCC(=O)Nc2cccnc2N2CCCC2)N=N1. The number of anilines is 2. The van der Waals surface area contributed by atoms with Gasteiger partial charge in [0.15, 0.2) is 11.5 Å². The molecule has 6 heteroatoms. The van der Waals surface area contributed by atoms with Gasteiger partial charge in [-0.05, 0) is 25.0 Å². The highest BCUT2D eigenvalue weighted by atomic mass is 16.1. The van der Waals surface area contributed by atoms with Gasteiger partial charge in [0.05, 0.1) is 5.69 Å². The largest absolute Gasteiger partial charge is 0.355 e. The Bertz CT molecular complexity index is 637. The maximum absolute atomic E-state index is 12.2. The van der Waals surface area contributed by atoms with Gasteiger partial charge in [-0.25, -0.2) is 4.98 Å². The van der Waals surface area contributed by atoms with Gasteiger partial charge in [-0.2, -0.15) is 10.2 Å². The van der Waals surface area contributed by atoms with E-state index in [2.05, 4.69) is 31.3 Å². The van der Waals surface area contributed by atoms with E-state index in [1.54, 1.807) is 6.20 Å². The highest BCUT2D eigenvalue weighted by Crippen LogP contribution is 2.37. The molecule has 120 valence electrons. The monoisotopic (exact) mass is 311 g/mol. The zero-order valence-corrected chi connectivity index (χ0v) is 13.2. The minimum Gasteiger partial charge on any atom is -0.355 e. The van der Waals surface area contributed by atoms with Crippen LogP contribution in [0.5, 0.6) is 0 Å². The summed E-state index contributed by atoms with van der Waals surface area (Å²) in [5, 5.41) is 11.1. The summed E-state index contributed by atoms with van der Waals surface area (Å²) in [6, 6.07) is 3.74. The summed E-state index contributed by atoms with van der Waals surface area (Å²) in [6.07, 6.45) is 11.7. The van der Waals surface area contributed by atoms with Gasteiger partial charge < -0.3 is 10.2 Å². The lowest BCUT2D eigenvalue weighted by Gasteiger charge is -2.20. The fourth-order valence-corrected chi connectivity index (χ4v) is 2.87. The molecule has 23 heavy (non-hydrogen) atoms. The van der Waals surface area contributed by atoms with Crippen LogP contribution in [0.2, 0.25) is 0 Å². The first kappa shape index (κ1) is 15.5. The quantitative estimate of drug-likeness (QED) is 0.787. The Kier molecular flexibility index (Phi) is 4.56. The van der Waals surface area contributed by atoms with Gasteiger partial charge >= 0.3 is 0 Å². The molecular formula is C17H21N5O. The van der Waals surface area contributed by atoms with Gasteiger partial charge in [-0.1, -0.05) is 0 Å². The molecule has 3 heterocycles. The molecule has 1 amide bonds. The van der Waals surface area contributed by atoms with Crippen LogP contribution in [0, 0.1) is 12.3 Å². The van der Waals surface area contributed by atoms with Crippen LogP contribution < -0.4 is 10.2 Å². The summed E-state index contributed by atoms with van der Waals surface area (Å²) in [6.45, 7) is 1.99. The third kappa shape index (κ3) is 3.86. The van der Waals surface area contributed by atoms with Crippen molar-refractivity contribution in [3.8, 4) is 12.3 Å². The van der Waals surface area contributed by atoms with Gasteiger partial charge in [0, 0.05) is 45.0 Å². The third-order valence-corrected chi connectivity index (χ3v) is 4.27. The maximum atomic E-state index is 12.2. The van der Waals surface area contributed by atoms with E-state index >= 15 is 0 Å². The van der Waals surface area contributed by atoms with Crippen molar-refractivity contribution in [2.24, 2.45) is 10.2 Å². The smallest absolute Gasteiger partial charge is 0.224 e. The molecule has 0 radical (unpaired) electrons. The predicted molar refractivity (Wildman–Crippen MR) is 89.2 cm³/mol. The molecule has 1 saturated heterocycles. The van der Waals surface area contributed by atoms with E-state index in [-0.39, 0.29) is 5.91 Å². The molecule has 0 atom stereocenters. The van der Waals surface area contributed by atoms with E-state index in [0.717, 1.165) is 31.0 Å². The average Bonchev–Trinajstić information content (AvgIpc) is 3.13. The Labute approximate surface area is 136 Å². The zero-order chi connectivity index (χ0) is 16.1. The molecule has 1 aromatic rings. The van der Waals surface area contributed by atoms with Crippen molar-refractivity contribution in [2.75, 3.05) is 23.3 Å². The molecule has 0 bridgehead atoms. The average molecular weight is 311 g/mol. The number of nitrogens with one attached hydrogen (secondary N) is 1. The van der Waals surface area contributed by atoms with Crippen molar-refractivity contribution < 1.29 is 4.79 Å². The number of hydrogen-bond donors (Lipinski definition) is 1. The Morgan fingerprint density at radius 3 is 2.83 bits per heavy atom. The van der Waals surface area contributed by atoms with Crippen molar-refractivity contribution in [3.05, 3.63) is 18.3 Å². The number of rotatable bonds is 7. The molecule has 0 saturated carbocycles. The summed E-state index contributed by atoms with van der Waals surface area (Å²) in [7, 11) is 0. The summed E-state index contributed by atoms with van der Waals surface area (Å²) < 4.78 is 0. The van der Waals surface area contributed by atoms with Gasteiger partial charge in [0.2, 0.25) is 5.91 Å². The topological polar surface area (TPSA) is 70.0 Å². The normalized spacial score (nSPS) is 17.8. The van der Waals surface area contributed by atoms with Crippen LogP contribution in [-0.4, -0.2) is 29.6 Å². The molecule has 6 nitrogen and oxygen atoms in total. The number of hydrogen-bond acceptors (Lipinski definition) is 5. The Balaban J connectivity index is 1.55.